The number of pyridine rings is 1. The molecule has 0 bridgehead atoms. The number of benzene rings is 1. The predicted octanol–water partition coefficient (Wildman–Crippen LogP) is 3.85. The summed E-state index contributed by atoms with van der Waals surface area (Å²) in [5, 5.41) is 1.36. The van der Waals surface area contributed by atoms with Crippen molar-refractivity contribution in [2.24, 2.45) is 5.73 Å². The zero-order valence-corrected chi connectivity index (χ0v) is 16.3. The summed E-state index contributed by atoms with van der Waals surface area (Å²) in [6, 6.07) is 11.3. The Balaban J connectivity index is 1.56. The first-order chi connectivity index (χ1) is 14.1. The lowest BCUT2D eigenvalue weighted by molar-refractivity contribution is 0.563. The van der Waals surface area contributed by atoms with Crippen molar-refractivity contribution in [2.45, 2.75) is 12.5 Å². The van der Waals surface area contributed by atoms with Gasteiger partial charge in [0, 0.05) is 48.7 Å². The molecule has 29 heavy (non-hydrogen) atoms. The Labute approximate surface area is 171 Å². The number of rotatable bonds is 2. The lowest BCUT2D eigenvalue weighted by Gasteiger charge is -2.24. The van der Waals surface area contributed by atoms with Crippen LogP contribution in [0.4, 0.5) is 5.69 Å². The summed E-state index contributed by atoms with van der Waals surface area (Å²) < 4.78 is 7.44. The molecule has 4 aromatic rings. The number of hydrogen-bond acceptors (Lipinski definition) is 5. The Bertz CT molecular complexity index is 1310. The molecule has 1 aliphatic heterocycles. The number of fused-ring (bicyclic) bond motifs is 2. The van der Waals surface area contributed by atoms with E-state index in [0.717, 1.165) is 30.6 Å². The SMILES string of the molecule is NC1C=CCCN(c2ccc3cc(-c4cn5cccc(Cl)c5n4)c(=O)oc3c2)C1. The first-order valence-electron chi connectivity index (χ1n) is 9.47. The summed E-state index contributed by atoms with van der Waals surface area (Å²) in [4.78, 5) is 19.4. The molecule has 0 spiro atoms. The second kappa shape index (κ2) is 7.06. The molecule has 0 saturated carbocycles. The van der Waals surface area contributed by atoms with E-state index in [0.29, 0.717) is 27.5 Å². The highest BCUT2D eigenvalue weighted by molar-refractivity contribution is 6.33. The van der Waals surface area contributed by atoms with Crippen molar-refractivity contribution in [1.82, 2.24) is 9.38 Å². The highest BCUT2D eigenvalue weighted by Crippen LogP contribution is 2.27. The van der Waals surface area contributed by atoms with Gasteiger partial charge in [0.15, 0.2) is 5.65 Å². The Morgan fingerprint density at radius 1 is 1.24 bits per heavy atom. The topological polar surface area (TPSA) is 76.8 Å². The third kappa shape index (κ3) is 3.30. The van der Waals surface area contributed by atoms with Gasteiger partial charge in [-0.1, -0.05) is 23.8 Å². The Hall–Kier alpha value is -3.09. The van der Waals surface area contributed by atoms with Crippen molar-refractivity contribution in [3.63, 3.8) is 0 Å². The van der Waals surface area contributed by atoms with Gasteiger partial charge in [0.25, 0.3) is 0 Å². The standard InChI is InChI=1S/C22H19ClN4O2/c23-18-5-3-9-27-13-19(25-21(18)27)17-10-14-6-7-16(11-20(14)29-22(17)28)26-8-2-1-4-15(24)12-26/h1,3-7,9-11,13,15H,2,8,12,24H2. The van der Waals surface area contributed by atoms with E-state index >= 15 is 0 Å². The van der Waals surface area contributed by atoms with Crippen LogP contribution in [-0.4, -0.2) is 28.5 Å². The van der Waals surface area contributed by atoms with E-state index in [2.05, 4.69) is 16.0 Å². The molecule has 1 atom stereocenters. The van der Waals surface area contributed by atoms with Crippen molar-refractivity contribution in [3.05, 3.63) is 76.4 Å². The fraction of sp³-hybridized carbons (Fsp3) is 0.182. The normalized spacial score (nSPS) is 17.2. The summed E-state index contributed by atoms with van der Waals surface area (Å²) in [6.45, 7) is 1.60. The fourth-order valence-corrected chi connectivity index (χ4v) is 3.94. The maximum absolute atomic E-state index is 12.7. The van der Waals surface area contributed by atoms with E-state index in [1.54, 1.807) is 16.7 Å². The molecule has 0 fully saturated rings. The minimum Gasteiger partial charge on any atom is -0.422 e. The zero-order chi connectivity index (χ0) is 20.0. The van der Waals surface area contributed by atoms with Gasteiger partial charge in [-0.25, -0.2) is 9.78 Å². The predicted molar refractivity (Wildman–Crippen MR) is 116 cm³/mol. The summed E-state index contributed by atoms with van der Waals surface area (Å²) >= 11 is 6.20. The van der Waals surface area contributed by atoms with Gasteiger partial charge in [0.2, 0.25) is 0 Å². The van der Waals surface area contributed by atoms with Crippen molar-refractivity contribution in [1.29, 1.82) is 0 Å². The largest absolute Gasteiger partial charge is 0.422 e. The van der Waals surface area contributed by atoms with Gasteiger partial charge >= 0.3 is 5.63 Å². The molecule has 1 aromatic carbocycles. The second-order valence-corrected chi connectivity index (χ2v) is 7.62. The third-order valence-electron chi connectivity index (χ3n) is 5.18. The second-order valence-electron chi connectivity index (χ2n) is 7.21. The molecule has 5 rings (SSSR count). The molecule has 0 saturated heterocycles. The molecule has 0 aliphatic carbocycles. The number of hydrogen-bond donors (Lipinski definition) is 1. The molecule has 146 valence electrons. The number of anilines is 1. The smallest absolute Gasteiger partial charge is 0.345 e. The monoisotopic (exact) mass is 406 g/mol. The van der Waals surface area contributed by atoms with Gasteiger partial charge < -0.3 is 19.5 Å². The van der Waals surface area contributed by atoms with Crippen molar-refractivity contribution < 1.29 is 4.42 Å². The van der Waals surface area contributed by atoms with E-state index in [9.17, 15) is 4.79 Å². The molecule has 6 nitrogen and oxygen atoms in total. The number of nitrogens with zero attached hydrogens (tertiary/aromatic N) is 3. The Morgan fingerprint density at radius 2 is 2.14 bits per heavy atom. The molecular weight excluding hydrogens is 388 g/mol. The van der Waals surface area contributed by atoms with Gasteiger partial charge in [-0.15, -0.1) is 0 Å². The van der Waals surface area contributed by atoms with E-state index in [1.807, 2.05) is 42.6 Å². The highest BCUT2D eigenvalue weighted by Gasteiger charge is 2.16. The van der Waals surface area contributed by atoms with Crippen LogP contribution in [0, 0.1) is 0 Å². The lowest BCUT2D eigenvalue weighted by Crippen LogP contribution is -2.35. The summed E-state index contributed by atoms with van der Waals surface area (Å²) in [6.07, 6.45) is 8.70. The number of nitrogens with two attached hydrogens (primary N) is 1. The minimum atomic E-state index is -0.427. The van der Waals surface area contributed by atoms with Crippen LogP contribution >= 0.6 is 11.6 Å². The van der Waals surface area contributed by atoms with Crippen molar-refractivity contribution in [3.8, 4) is 11.3 Å². The first kappa shape index (κ1) is 18.0. The first-order valence-corrected chi connectivity index (χ1v) is 9.85. The van der Waals surface area contributed by atoms with Gasteiger partial charge in [-0.05, 0) is 36.8 Å². The molecular formula is C22H19ClN4O2. The number of imidazole rings is 1. The van der Waals surface area contributed by atoms with Crippen LogP contribution in [0.3, 0.4) is 0 Å². The summed E-state index contributed by atoms with van der Waals surface area (Å²) in [7, 11) is 0. The molecule has 4 heterocycles. The summed E-state index contributed by atoms with van der Waals surface area (Å²) in [5.41, 5.74) is 8.76. The van der Waals surface area contributed by atoms with E-state index in [4.69, 9.17) is 21.8 Å². The van der Waals surface area contributed by atoms with E-state index < -0.39 is 5.63 Å². The van der Waals surface area contributed by atoms with Crippen molar-refractivity contribution >= 4 is 33.9 Å². The van der Waals surface area contributed by atoms with Crippen LogP contribution in [0.2, 0.25) is 5.02 Å². The van der Waals surface area contributed by atoms with Crippen LogP contribution < -0.4 is 16.3 Å². The van der Waals surface area contributed by atoms with E-state index in [-0.39, 0.29) is 6.04 Å². The molecule has 7 heteroatoms. The minimum absolute atomic E-state index is 0.00977. The average molecular weight is 407 g/mol. The Morgan fingerprint density at radius 3 is 3.00 bits per heavy atom. The molecule has 0 amide bonds. The highest BCUT2D eigenvalue weighted by atomic mass is 35.5. The molecule has 1 aliphatic rings. The van der Waals surface area contributed by atoms with Gasteiger partial charge in [0.05, 0.1) is 16.3 Å². The Kier molecular flexibility index (Phi) is 4.38. The number of halogens is 1. The van der Waals surface area contributed by atoms with Crippen LogP contribution in [-0.2, 0) is 0 Å². The van der Waals surface area contributed by atoms with Crippen LogP contribution in [0.1, 0.15) is 6.42 Å². The number of aromatic nitrogens is 2. The maximum Gasteiger partial charge on any atom is 0.345 e. The van der Waals surface area contributed by atoms with Crippen molar-refractivity contribution in [2.75, 3.05) is 18.0 Å². The van der Waals surface area contributed by atoms with Gasteiger partial charge in [-0.3, -0.25) is 0 Å². The van der Waals surface area contributed by atoms with Gasteiger partial charge in [0.1, 0.15) is 5.58 Å². The molecule has 1 unspecified atom stereocenters. The zero-order valence-electron chi connectivity index (χ0n) is 15.6. The summed E-state index contributed by atoms with van der Waals surface area (Å²) in [5.74, 6) is 0. The molecule has 0 radical (unpaired) electrons. The third-order valence-corrected chi connectivity index (χ3v) is 5.47. The van der Waals surface area contributed by atoms with Crippen LogP contribution in [0.25, 0.3) is 27.9 Å². The fourth-order valence-electron chi connectivity index (χ4n) is 3.73. The molecule has 2 N–H and O–H groups in total. The average Bonchev–Trinajstić information content (AvgIpc) is 3.03. The van der Waals surface area contributed by atoms with E-state index in [1.165, 1.54) is 0 Å². The van der Waals surface area contributed by atoms with Crippen LogP contribution in [0.15, 0.2) is 70.2 Å². The maximum atomic E-state index is 12.7. The van der Waals surface area contributed by atoms with Crippen LogP contribution in [0.5, 0.6) is 0 Å². The lowest BCUT2D eigenvalue weighted by atomic mass is 10.1. The molecule has 3 aromatic heterocycles. The van der Waals surface area contributed by atoms with Gasteiger partial charge in [-0.2, -0.15) is 0 Å². The quantitative estimate of drug-likeness (QED) is 0.404.